The summed E-state index contributed by atoms with van der Waals surface area (Å²) in [7, 11) is 0. The first-order valence-corrected chi connectivity index (χ1v) is 7.31. The Morgan fingerprint density at radius 2 is 1.61 bits per heavy atom. The number of carbonyl (C=O) groups excluding carboxylic acids is 2. The first-order chi connectivity index (χ1) is 10.8. The van der Waals surface area contributed by atoms with E-state index < -0.39 is 29.0 Å². The second-order valence-corrected chi connectivity index (χ2v) is 5.57. The lowest BCUT2D eigenvalue weighted by Gasteiger charge is -2.12. The molecular weight excluding hydrogens is 375 g/mol. The molecule has 0 radical (unpaired) electrons. The zero-order chi connectivity index (χ0) is 17.0. The number of rotatable bonds is 4. The predicted octanol–water partition coefficient (Wildman–Crippen LogP) is 4.08. The van der Waals surface area contributed by atoms with E-state index >= 15 is 0 Å². The Balaban J connectivity index is 2.09. The number of halogens is 4. The Hall–Kier alpha value is -2.15. The van der Waals surface area contributed by atoms with Gasteiger partial charge in [0.05, 0.1) is 17.7 Å². The highest BCUT2D eigenvalue weighted by molar-refractivity contribution is 9.10. The highest BCUT2D eigenvalue weighted by Gasteiger charge is 2.34. The number of hydrogen-bond acceptors (Lipinski definition) is 2. The zero-order valence-corrected chi connectivity index (χ0v) is 13.2. The van der Waals surface area contributed by atoms with Gasteiger partial charge in [0.2, 0.25) is 0 Å². The molecule has 1 amide bonds. The predicted molar refractivity (Wildman–Crippen MR) is 82.2 cm³/mol. The van der Waals surface area contributed by atoms with Gasteiger partial charge in [0.25, 0.3) is 5.91 Å². The normalized spacial score (nSPS) is 11.1. The summed E-state index contributed by atoms with van der Waals surface area (Å²) in [6.07, 6.45) is -4.64. The van der Waals surface area contributed by atoms with Crippen LogP contribution in [0.25, 0.3) is 0 Å². The number of hydrogen-bond donors (Lipinski definition) is 1. The third-order valence-corrected chi connectivity index (χ3v) is 3.58. The van der Waals surface area contributed by atoms with Crippen LogP contribution >= 0.6 is 15.9 Å². The van der Waals surface area contributed by atoms with Gasteiger partial charge in [0.1, 0.15) is 0 Å². The summed E-state index contributed by atoms with van der Waals surface area (Å²) >= 11 is 3.23. The fraction of sp³-hybridized carbons (Fsp3) is 0.125. The molecule has 1 N–H and O–H groups in total. The molecule has 0 heterocycles. The first-order valence-electron chi connectivity index (χ1n) is 6.52. The van der Waals surface area contributed by atoms with E-state index in [0.717, 1.165) is 16.6 Å². The lowest BCUT2D eigenvalue weighted by molar-refractivity contribution is -0.137. The van der Waals surface area contributed by atoms with Crippen molar-refractivity contribution in [2.45, 2.75) is 6.18 Å². The largest absolute Gasteiger partial charge is 0.417 e. The Bertz CT molecular complexity index is 727. The molecule has 2 rings (SSSR count). The van der Waals surface area contributed by atoms with Crippen LogP contribution in [0.4, 0.5) is 13.2 Å². The lowest BCUT2D eigenvalue weighted by Crippen LogP contribution is -2.31. The average molecular weight is 386 g/mol. The molecule has 0 aliphatic carbocycles. The lowest BCUT2D eigenvalue weighted by atomic mass is 10.1. The molecule has 0 unspecified atom stereocenters. The van der Waals surface area contributed by atoms with Crippen molar-refractivity contribution in [1.29, 1.82) is 0 Å². The Labute approximate surface area is 138 Å². The topological polar surface area (TPSA) is 46.2 Å². The molecule has 0 spiro atoms. The van der Waals surface area contributed by atoms with Crippen molar-refractivity contribution in [1.82, 2.24) is 5.32 Å². The molecule has 0 fully saturated rings. The summed E-state index contributed by atoms with van der Waals surface area (Å²) in [5.74, 6) is -1.33. The summed E-state index contributed by atoms with van der Waals surface area (Å²) in [6.45, 7) is -0.382. The van der Waals surface area contributed by atoms with Crippen molar-refractivity contribution >= 4 is 27.6 Å². The molecule has 2 aromatic rings. The standard InChI is InChI=1S/C16H11BrF3NO2/c17-11-7-5-10(6-8-11)14(22)9-21-15(23)12-3-1-2-4-13(12)16(18,19)20/h1-8H,9H2,(H,21,23). The minimum absolute atomic E-state index is 0.359. The first kappa shape index (κ1) is 17.2. The molecule has 0 atom stereocenters. The second-order valence-electron chi connectivity index (χ2n) is 4.66. The van der Waals surface area contributed by atoms with E-state index in [2.05, 4.69) is 21.2 Å². The number of Topliss-reactive ketones (excluding diaryl/α,β-unsaturated/α-hetero) is 1. The van der Waals surface area contributed by atoms with Crippen LogP contribution < -0.4 is 5.32 Å². The van der Waals surface area contributed by atoms with Crippen molar-refractivity contribution in [3.05, 3.63) is 69.7 Å². The van der Waals surface area contributed by atoms with Gasteiger partial charge in [0, 0.05) is 10.0 Å². The summed E-state index contributed by atoms with van der Waals surface area (Å²) in [6, 6.07) is 10.9. The van der Waals surface area contributed by atoms with Crippen molar-refractivity contribution in [2.75, 3.05) is 6.54 Å². The van der Waals surface area contributed by atoms with Crippen molar-refractivity contribution in [2.24, 2.45) is 0 Å². The van der Waals surface area contributed by atoms with Crippen LogP contribution in [-0.2, 0) is 6.18 Å². The van der Waals surface area contributed by atoms with Gasteiger partial charge in [-0.15, -0.1) is 0 Å². The minimum atomic E-state index is -4.64. The van der Waals surface area contributed by atoms with Gasteiger partial charge in [-0.05, 0) is 24.3 Å². The third-order valence-electron chi connectivity index (χ3n) is 3.05. The summed E-state index contributed by atoms with van der Waals surface area (Å²) in [5, 5.41) is 2.22. The number of alkyl halides is 3. The Morgan fingerprint density at radius 3 is 2.22 bits per heavy atom. The number of nitrogens with one attached hydrogen (secondary N) is 1. The number of carbonyl (C=O) groups is 2. The number of benzene rings is 2. The van der Waals surface area contributed by atoms with Crippen LogP contribution in [0, 0.1) is 0 Å². The van der Waals surface area contributed by atoms with Crippen LogP contribution in [0.15, 0.2) is 53.0 Å². The van der Waals surface area contributed by atoms with E-state index in [0.29, 0.717) is 5.56 Å². The molecule has 120 valence electrons. The maximum absolute atomic E-state index is 12.9. The van der Waals surface area contributed by atoms with E-state index in [9.17, 15) is 22.8 Å². The molecule has 0 aromatic heterocycles. The van der Waals surface area contributed by atoms with Crippen LogP contribution in [0.2, 0.25) is 0 Å². The highest BCUT2D eigenvalue weighted by Crippen LogP contribution is 2.31. The number of amides is 1. The zero-order valence-electron chi connectivity index (χ0n) is 11.7. The van der Waals surface area contributed by atoms with Gasteiger partial charge in [-0.3, -0.25) is 9.59 Å². The van der Waals surface area contributed by atoms with Crippen LogP contribution in [0.5, 0.6) is 0 Å². The quantitative estimate of drug-likeness (QED) is 0.805. The summed E-state index contributed by atoms with van der Waals surface area (Å²) < 4.78 is 39.4. The van der Waals surface area contributed by atoms with Gasteiger partial charge >= 0.3 is 6.18 Å². The fourth-order valence-corrected chi connectivity index (χ4v) is 2.19. The minimum Gasteiger partial charge on any atom is -0.345 e. The Morgan fingerprint density at radius 1 is 1.00 bits per heavy atom. The van der Waals surface area contributed by atoms with Crippen LogP contribution in [-0.4, -0.2) is 18.2 Å². The number of ketones is 1. The monoisotopic (exact) mass is 385 g/mol. The van der Waals surface area contributed by atoms with E-state index in [-0.39, 0.29) is 6.54 Å². The van der Waals surface area contributed by atoms with Crippen molar-refractivity contribution in [3.63, 3.8) is 0 Å². The van der Waals surface area contributed by atoms with E-state index in [1.165, 1.54) is 12.1 Å². The van der Waals surface area contributed by atoms with Gasteiger partial charge in [0.15, 0.2) is 5.78 Å². The molecule has 0 saturated carbocycles. The van der Waals surface area contributed by atoms with Crippen molar-refractivity contribution < 1.29 is 22.8 Å². The maximum atomic E-state index is 12.9. The van der Waals surface area contributed by atoms with Crippen LogP contribution in [0.3, 0.4) is 0 Å². The molecule has 0 aliphatic rings. The Kier molecular flexibility index (Phi) is 5.20. The van der Waals surface area contributed by atoms with Gasteiger partial charge in [-0.25, -0.2) is 0 Å². The molecule has 7 heteroatoms. The fourth-order valence-electron chi connectivity index (χ4n) is 1.92. The molecular formula is C16H11BrF3NO2. The summed E-state index contributed by atoms with van der Waals surface area (Å²) in [4.78, 5) is 23.9. The van der Waals surface area contributed by atoms with E-state index in [1.807, 2.05) is 0 Å². The smallest absolute Gasteiger partial charge is 0.345 e. The molecule has 0 bridgehead atoms. The maximum Gasteiger partial charge on any atom is 0.417 e. The van der Waals surface area contributed by atoms with Crippen LogP contribution in [0.1, 0.15) is 26.3 Å². The molecule has 23 heavy (non-hydrogen) atoms. The van der Waals surface area contributed by atoms with E-state index in [1.54, 1.807) is 24.3 Å². The molecule has 3 nitrogen and oxygen atoms in total. The van der Waals surface area contributed by atoms with Gasteiger partial charge < -0.3 is 5.32 Å². The summed E-state index contributed by atoms with van der Waals surface area (Å²) in [5.41, 5.74) is -1.19. The van der Waals surface area contributed by atoms with Crippen molar-refractivity contribution in [3.8, 4) is 0 Å². The highest BCUT2D eigenvalue weighted by atomic mass is 79.9. The molecule has 0 aliphatic heterocycles. The van der Waals surface area contributed by atoms with Gasteiger partial charge in [-0.1, -0.05) is 40.2 Å². The second kappa shape index (κ2) is 6.95. The van der Waals surface area contributed by atoms with Gasteiger partial charge in [-0.2, -0.15) is 13.2 Å². The third kappa shape index (κ3) is 4.41. The average Bonchev–Trinajstić information content (AvgIpc) is 2.52. The van der Waals surface area contributed by atoms with E-state index in [4.69, 9.17) is 0 Å². The SMILES string of the molecule is O=C(CNC(=O)c1ccccc1C(F)(F)F)c1ccc(Br)cc1. The molecule has 0 saturated heterocycles. The molecule has 2 aromatic carbocycles.